The number of rotatable bonds is 8. The second-order valence-electron chi connectivity index (χ2n) is 8.80. The lowest BCUT2D eigenvalue weighted by atomic mass is 10.1. The number of aromatic nitrogens is 2. The van der Waals surface area contributed by atoms with Crippen molar-refractivity contribution in [2.45, 2.75) is 38.2 Å². The zero-order chi connectivity index (χ0) is 28.5. The Bertz CT molecular complexity index is 1450. The number of hydrogen-bond acceptors (Lipinski definition) is 6. The molecule has 1 aromatic heterocycles. The summed E-state index contributed by atoms with van der Waals surface area (Å²) in [7, 11) is 2.87. The summed E-state index contributed by atoms with van der Waals surface area (Å²) >= 11 is 0. The molecule has 14 heteroatoms. The third kappa shape index (κ3) is 5.90. The standard InChI is InChI=1S/C25H24F6N4O4/c1-33-20-19(21(36)34(23(33)37)11-4-12-38-2)35(14-15-7-9-16(10-8-15)24(26,27)28)22(32-20)39-18-6-3-5-17(13-18)25(29,30)31/h3,5-10,13,22,32H,4,11-12,14H2,1-2H3. The molecule has 1 aliphatic rings. The lowest BCUT2D eigenvalue weighted by molar-refractivity contribution is -0.138. The van der Waals surface area contributed by atoms with Crippen LogP contribution in [0.4, 0.5) is 37.8 Å². The lowest BCUT2D eigenvalue weighted by Crippen LogP contribution is -2.43. The first-order valence-corrected chi connectivity index (χ1v) is 11.7. The smallest absolute Gasteiger partial charge is 0.416 e. The number of nitrogens with one attached hydrogen (secondary N) is 1. The van der Waals surface area contributed by atoms with Crippen molar-refractivity contribution in [3.8, 4) is 5.75 Å². The Hall–Kier alpha value is -3.94. The molecule has 0 bridgehead atoms. The minimum Gasteiger partial charge on any atom is -0.452 e. The molecule has 2 aromatic carbocycles. The number of anilines is 2. The summed E-state index contributed by atoms with van der Waals surface area (Å²) in [5, 5.41) is 2.86. The number of nitrogens with zero attached hydrogens (tertiary/aromatic N) is 3. The average molecular weight is 558 g/mol. The van der Waals surface area contributed by atoms with Gasteiger partial charge in [-0.15, -0.1) is 0 Å². The molecular formula is C25H24F6N4O4. The molecule has 0 saturated carbocycles. The van der Waals surface area contributed by atoms with Crippen LogP contribution < -0.4 is 26.2 Å². The highest BCUT2D eigenvalue weighted by Crippen LogP contribution is 2.36. The van der Waals surface area contributed by atoms with E-state index in [9.17, 15) is 35.9 Å². The summed E-state index contributed by atoms with van der Waals surface area (Å²) in [4.78, 5) is 27.7. The Balaban J connectivity index is 1.76. The van der Waals surface area contributed by atoms with Crippen LogP contribution in [0.5, 0.6) is 5.75 Å². The second-order valence-corrected chi connectivity index (χ2v) is 8.80. The number of hydrogen-bond donors (Lipinski definition) is 1. The van der Waals surface area contributed by atoms with Crippen molar-refractivity contribution in [2.75, 3.05) is 23.9 Å². The van der Waals surface area contributed by atoms with Gasteiger partial charge in [0.15, 0.2) is 0 Å². The first-order valence-electron chi connectivity index (χ1n) is 11.7. The largest absolute Gasteiger partial charge is 0.452 e. The van der Waals surface area contributed by atoms with Crippen LogP contribution in [-0.4, -0.2) is 29.2 Å². The van der Waals surface area contributed by atoms with E-state index >= 15 is 0 Å². The first-order chi connectivity index (χ1) is 18.3. The van der Waals surface area contributed by atoms with Crippen molar-refractivity contribution in [1.29, 1.82) is 0 Å². The highest BCUT2D eigenvalue weighted by Gasteiger charge is 2.37. The number of benzene rings is 2. The molecule has 4 rings (SSSR count). The number of alkyl halides is 6. The second kappa shape index (κ2) is 10.7. The molecule has 210 valence electrons. The third-order valence-corrected chi connectivity index (χ3v) is 6.13. The molecule has 1 N–H and O–H groups in total. The van der Waals surface area contributed by atoms with E-state index in [1.807, 2.05) is 0 Å². The molecule has 3 aromatic rings. The Labute approximate surface area is 218 Å². The van der Waals surface area contributed by atoms with E-state index < -0.39 is 41.1 Å². The molecule has 1 unspecified atom stereocenters. The zero-order valence-electron chi connectivity index (χ0n) is 20.8. The van der Waals surface area contributed by atoms with Gasteiger partial charge in [0.1, 0.15) is 17.3 Å². The number of fused-ring (bicyclic) bond motifs is 1. The third-order valence-electron chi connectivity index (χ3n) is 6.13. The van der Waals surface area contributed by atoms with Crippen LogP contribution in [0, 0.1) is 0 Å². The molecule has 1 atom stereocenters. The molecule has 0 aliphatic carbocycles. The van der Waals surface area contributed by atoms with Gasteiger partial charge in [-0.1, -0.05) is 18.2 Å². The molecule has 8 nitrogen and oxygen atoms in total. The zero-order valence-corrected chi connectivity index (χ0v) is 20.8. The normalized spacial score (nSPS) is 15.3. The van der Waals surface area contributed by atoms with Crippen molar-refractivity contribution in [3.05, 3.63) is 86.1 Å². The number of halogens is 6. The summed E-state index contributed by atoms with van der Waals surface area (Å²) in [6.45, 7) is 0.147. The Morgan fingerprint density at radius 1 is 0.949 bits per heavy atom. The van der Waals surface area contributed by atoms with Crippen LogP contribution in [0.15, 0.2) is 58.1 Å². The van der Waals surface area contributed by atoms with E-state index in [2.05, 4.69) is 5.32 Å². The minimum atomic E-state index is -4.63. The molecule has 0 amide bonds. The summed E-state index contributed by atoms with van der Waals surface area (Å²) in [5.74, 6) is -0.130. The van der Waals surface area contributed by atoms with E-state index in [1.54, 1.807) is 0 Å². The maximum atomic E-state index is 13.5. The van der Waals surface area contributed by atoms with Crippen LogP contribution in [0.2, 0.25) is 0 Å². The highest BCUT2D eigenvalue weighted by molar-refractivity contribution is 5.71. The molecule has 0 fully saturated rings. The maximum Gasteiger partial charge on any atom is 0.416 e. The summed E-state index contributed by atoms with van der Waals surface area (Å²) in [6, 6.07) is 8.30. The van der Waals surface area contributed by atoms with Gasteiger partial charge in [0.25, 0.3) is 11.9 Å². The van der Waals surface area contributed by atoms with Gasteiger partial charge in [0, 0.05) is 33.9 Å². The summed E-state index contributed by atoms with van der Waals surface area (Å²) < 4.78 is 91.8. The molecular weight excluding hydrogens is 534 g/mol. The van der Waals surface area contributed by atoms with Gasteiger partial charge in [0.05, 0.1) is 11.1 Å². The van der Waals surface area contributed by atoms with Crippen LogP contribution in [-0.2, 0) is 37.2 Å². The van der Waals surface area contributed by atoms with E-state index in [0.29, 0.717) is 12.0 Å². The quantitative estimate of drug-likeness (QED) is 0.326. The van der Waals surface area contributed by atoms with E-state index in [-0.39, 0.29) is 37.0 Å². The molecule has 39 heavy (non-hydrogen) atoms. The predicted octanol–water partition coefficient (Wildman–Crippen LogP) is 4.42. The van der Waals surface area contributed by atoms with Gasteiger partial charge in [-0.2, -0.15) is 26.3 Å². The maximum absolute atomic E-state index is 13.5. The van der Waals surface area contributed by atoms with E-state index in [0.717, 1.165) is 34.9 Å². The van der Waals surface area contributed by atoms with Crippen molar-refractivity contribution < 1.29 is 35.8 Å². The monoisotopic (exact) mass is 558 g/mol. The van der Waals surface area contributed by atoms with Gasteiger partial charge >= 0.3 is 18.0 Å². The summed E-state index contributed by atoms with van der Waals surface area (Å²) in [5.41, 5.74) is -2.83. The van der Waals surface area contributed by atoms with Gasteiger partial charge in [0.2, 0.25) is 0 Å². The van der Waals surface area contributed by atoms with Crippen LogP contribution in [0.3, 0.4) is 0 Å². The van der Waals surface area contributed by atoms with Crippen LogP contribution in [0.1, 0.15) is 23.1 Å². The molecule has 0 saturated heterocycles. The predicted molar refractivity (Wildman–Crippen MR) is 130 cm³/mol. The number of ether oxygens (including phenoxy) is 2. The van der Waals surface area contributed by atoms with Gasteiger partial charge in [-0.3, -0.25) is 13.9 Å². The van der Waals surface area contributed by atoms with Gasteiger partial charge in [-0.25, -0.2) is 4.79 Å². The van der Waals surface area contributed by atoms with Crippen LogP contribution in [0.25, 0.3) is 0 Å². The molecule has 0 spiro atoms. The fourth-order valence-electron chi connectivity index (χ4n) is 4.18. The fourth-order valence-corrected chi connectivity index (χ4v) is 4.18. The van der Waals surface area contributed by atoms with Crippen molar-refractivity contribution in [2.24, 2.45) is 7.05 Å². The average Bonchev–Trinajstić information content (AvgIpc) is 3.22. The Kier molecular flexibility index (Phi) is 7.68. The molecule has 2 heterocycles. The topological polar surface area (TPSA) is 77.7 Å². The SMILES string of the molecule is COCCCn1c(=O)c2c(n(C)c1=O)NC(Oc1cccc(C(F)(F)F)c1)N2Cc1ccc(C(F)(F)F)cc1. The van der Waals surface area contributed by atoms with E-state index in [1.165, 1.54) is 41.8 Å². The van der Waals surface area contributed by atoms with Crippen molar-refractivity contribution in [1.82, 2.24) is 9.13 Å². The minimum absolute atomic E-state index is 0.0219. The molecule has 0 radical (unpaired) electrons. The first kappa shape index (κ1) is 28.1. The Morgan fingerprint density at radius 3 is 2.23 bits per heavy atom. The van der Waals surface area contributed by atoms with Crippen molar-refractivity contribution >= 4 is 11.5 Å². The number of methoxy groups -OCH3 is 1. The highest BCUT2D eigenvalue weighted by atomic mass is 19.4. The Morgan fingerprint density at radius 2 is 1.62 bits per heavy atom. The van der Waals surface area contributed by atoms with Crippen molar-refractivity contribution in [3.63, 3.8) is 0 Å². The van der Waals surface area contributed by atoms with Gasteiger partial charge < -0.3 is 19.7 Å². The van der Waals surface area contributed by atoms with Crippen LogP contribution >= 0.6 is 0 Å². The fraction of sp³-hybridized carbons (Fsp3) is 0.360. The van der Waals surface area contributed by atoms with Gasteiger partial charge in [-0.05, 0) is 42.3 Å². The van der Waals surface area contributed by atoms with E-state index in [4.69, 9.17) is 9.47 Å². The summed E-state index contributed by atoms with van der Waals surface area (Å²) in [6.07, 6.45) is -10.1. The molecule has 1 aliphatic heterocycles. The lowest BCUT2D eigenvalue weighted by Gasteiger charge is -2.27.